The average molecular weight is 573 g/mol. The highest BCUT2D eigenvalue weighted by Gasteiger charge is 2.50. The topological polar surface area (TPSA) is 46.2 Å². The van der Waals surface area contributed by atoms with Crippen LogP contribution in [0.25, 0.3) is 0 Å². The minimum Gasteiger partial charge on any atom is -0.293 e. The smallest absolute Gasteiger partial charge is 0.258 e. The van der Waals surface area contributed by atoms with Crippen LogP contribution in [0.3, 0.4) is 0 Å². The minimum absolute atomic E-state index is 0.0409. The molecule has 5 rings (SSSR count). The number of carbonyl (C=O) groups excluding carboxylic acids is 2. The lowest BCUT2D eigenvalue weighted by molar-refractivity contribution is 0.0967. The van der Waals surface area contributed by atoms with Gasteiger partial charge in [-0.3, -0.25) is 14.9 Å². The van der Waals surface area contributed by atoms with Crippen molar-refractivity contribution in [3.8, 4) is 0 Å². The SMILES string of the molecule is Cc1ccc(C(=O)NC(=CSCC(=O)c2ccccc2)[P+](c2ccccc2)(c2ccccc2)c2ccccc2)cc1. The van der Waals surface area contributed by atoms with E-state index in [1.807, 2.05) is 122 Å². The summed E-state index contributed by atoms with van der Waals surface area (Å²) in [5, 5.41) is 8.68. The number of hydrogen-bond acceptors (Lipinski definition) is 3. The third-order valence-electron chi connectivity index (χ3n) is 6.85. The molecule has 0 saturated heterocycles. The maximum Gasteiger partial charge on any atom is 0.258 e. The van der Waals surface area contributed by atoms with Gasteiger partial charge in [-0.05, 0) is 55.5 Å². The lowest BCUT2D eigenvalue weighted by atomic mass is 10.1. The van der Waals surface area contributed by atoms with E-state index in [1.165, 1.54) is 11.8 Å². The summed E-state index contributed by atoms with van der Waals surface area (Å²) in [5.41, 5.74) is 3.14. The van der Waals surface area contributed by atoms with Crippen LogP contribution in [0.5, 0.6) is 0 Å². The summed E-state index contributed by atoms with van der Waals surface area (Å²) in [6.45, 7) is 2.00. The Hall–Kier alpha value is -4.24. The van der Waals surface area contributed by atoms with Gasteiger partial charge in [0.05, 0.1) is 5.75 Å². The number of aryl methyl sites for hydroxylation is 1. The Labute approximate surface area is 246 Å². The van der Waals surface area contributed by atoms with E-state index in [2.05, 4.69) is 41.7 Å². The van der Waals surface area contributed by atoms with Crippen LogP contribution in [0.4, 0.5) is 0 Å². The zero-order valence-electron chi connectivity index (χ0n) is 22.8. The second-order valence-electron chi connectivity index (χ2n) is 9.60. The average Bonchev–Trinajstić information content (AvgIpc) is 3.03. The number of thioether (sulfide) groups is 1. The van der Waals surface area contributed by atoms with Crippen LogP contribution in [0, 0.1) is 6.92 Å². The van der Waals surface area contributed by atoms with Gasteiger partial charge in [0, 0.05) is 16.5 Å². The monoisotopic (exact) mass is 572 g/mol. The first-order valence-electron chi connectivity index (χ1n) is 13.4. The van der Waals surface area contributed by atoms with Crippen molar-refractivity contribution in [2.45, 2.75) is 6.92 Å². The fourth-order valence-corrected chi connectivity index (χ4v) is 10.1. The van der Waals surface area contributed by atoms with Crippen LogP contribution in [-0.4, -0.2) is 17.4 Å². The number of amides is 1. The van der Waals surface area contributed by atoms with Gasteiger partial charge in [0.2, 0.25) is 0 Å². The van der Waals surface area contributed by atoms with Crippen LogP contribution < -0.4 is 21.2 Å². The molecule has 0 fully saturated rings. The number of hydrogen-bond donors (Lipinski definition) is 1. The van der Waals surface area contributed by atoms with Crippen LogP contribution in [-0.2, 0) is 0 Å². The summed E-state index contributed by atoms with van der Waals surface area (Å²) in [7, 11) is -2.58. The van der Waals surface area contributed by atoms with E-state index in [9.17, 15) is 9.59 Å². The van der Waals surface area contributed by atoms with Gasteiger partial charge in [-0.1, -0.05) is 103 Å². The zero-order valence-corrected chi connectivity index (χ0v) is 24.5. The molecule has 1 N–H and O–H groups in total. The molecule has 0 atom stereocenters. The van der Waals surface area contributed by atoms with Gasteiger partial charge in [0.25, 0.3) is 5.91 Å². The molecule has 0 heterocycles. The van der Waals surface area contributed by atoms with Crippen LogP contribution in [0.2, 0.25) is 0 Å². The van der Waals surface area contributed by atoms with Crippen LogP contribution in [0.1, 0.15) is 26.3 Å². The molecule has 0 aromatic heterocycles. The Morgan fingerprint density at radius 1 is 0.610 bits per heavy atom. The third kappa shape index (κ3) is 6.41. The van der Waals surface area contributed by atoms with Gasteiger partial charge in [0.1, 0.15) is 15.9 Å². The molecule has 41 heavy (non-hydrogen) atoms. The highest BCUT2D eigenvalue weighted by Crippen LogP contribution is 2.61. The number of ketones is 1. The van der Waals surface area contributed by atoms with Crippen LogP contribution in [0.15, 0.2) is 156 Å². The van der Waals surface area contributed by atoms with Crippen molar-refractivity contribution in [3.63, 3.8) is 0 Å². The second kappa shape index (κ2) is 13.4. The van der Waals surface area contributed by atoms with Crippen molar-refractivity contribution in [1.29, 1.82) is 0 Å². The molecule has 0 aliphatic rings. The lowest BCUT2D eigenvalue weighted by Gasteiger charge is -2.29. The maximum absolute atomic E-state index is 13.8. The number of Topliss-reactive ketones (excluding diaryl/α,β-unsaturated/α-hetero) is 1. The summed E-state index contributed by atoms with van der Waals surface area (Å²) >= 11 is 1.42. The van der Waals surface area contributed by atoms with Crippen LogP contribution >= 0.6 is 19.0 Å². The lowest BCUT2D eigenvalue weighted by Crippen LogP contribution is -2.38. The summed E-state index contributed by atoms with van der Waals surface area (Å²) in [4.78, 5) is 26.8. The molecule has 1 amide bonds. The second-order valence-corrected chi connectivity index (χ2v) is 13.8. The first kappa shape index (κ1) is 28.3. The van der Waals surface area contributed by atoms with E-state index in [-0.39, 0.29) is 17.4 Å². The highest BCUT2D eigenvalue weighted by atomic mass is 32.2. The summed E-state index contributed by atoms with van der Waals surface area (Å²) in [6.07, 6.45) is 0. The van der Waals surface area contributed by atoms with E-state index in [0.29, 0.717) is 11.1 Å². The van der Waals surface area contributed by atoms with Crippen molar-refractivity contribution in [2.75, 3.05) is 5.75 Å². The molecule has 5 heteroatoms. The van der Waals surface area contributed by atoms with E-state index >= 15 is 0 Å². The molecule has 0 radical (unpaired) electrons. The fourth-order valence-electron chi connectivity index (χ4n) is 4.81. The molecule has 0 bridgehead atoms. The van der Waals surface area contributed by atoms with Crippen molar-refractivity contribution in [3.05, 3.63) is 173 Å². The Kier molecular flexibility index (Phi) is 9.26. The Bertz CT molecular complexity index is 1530. The molecule has 3 nitrogen and oxygen atoms in total. The van der Waals surface area contributed by atoms with Gasteiger partial charge in [-0.15, -0.1) is 11.8 Å². The van der Waals surface area contributed by atoms with Crippen molar-refractivity contribution >= 4 is 46.6 Å². The largest absolute Gasteiger partial charge is 0.293 e. The molecule has 0 unspecified atom stereocenters. The summed E-state index contributed by atoms with van der Waals surface area (Å²) in [6, 6.07) is 48.0. The molecule has 0 aliphatic heterocycles. The standard InChI is InChI=1S/C36H30NO2PS/c1-28-22-24-30(25-23-28)36(39)37-35(27-41-26-34(38)29-14-6-2-7-15-29)40(31-16-8-3-9-17-31,32-18-10-4-11-19-32)33-20-12-5-13-21-33/h2-25,27H,26H2,1H3/p+1. The predicted octanol–water partition coefficient (Wildman–Crippen LogP) is 7.13. The molecule has 0 saturated carbocycles. The van der Waals surface area contributed by atoms with Crippen molar-refractivity contribution in [2.24, 2.45) is 0 Å². The third-order valence-corrected chi connectivity index (χ3v) is 12.0. The molecule has 0 aliphatic carbocycles. The molecule has 0 spiro atoms. The van der Waals surface area contributed by atoms with Crippen molar-refractivity contribution in [1.82, 2.24) is 5.32 Å². The molecular weight excluding hydrogens is 541 g/mol. The molecule has 202 valence electrons. The zero-order chi connectivity index (χ0) is 28.5. The number of nitrogens with one attached hydrogen (secondary N) is 1. The molecular formula is C36H31NO2PS+. The normalized spacial score (nSPS) is 11.6. The van der Waals surface area contributed by atoms with Gasteiger partial charge >= 0.3 is 0 Å². The number of carbonyl (C=O) groups is 2. The first-order valence-corrected chi connectivity index (χ1v) is 16.3. The van der Waals surface area contributed by atoms with E-state index in [1.54, 1.807) is 0 Å². The number of rotatable bonds is 10. The predicted molar refractivity (Wildman–Crippen MR) is 175 cm³/mol. The van der Waals surface area contributed by atoms with Gasteiger partial charge < -0.3 is 0 Å². The number of benzene rings is 5. The highest BCUT2D eigenvalue weighted by molar-refractivity contribution is 8.04. The Balaban J connectivity index is 1.68. The quantitative estimate of drug-likeness (QED) is 0.143. The Morgan fingerprint density at radius 2 is 1.05 bits per heavy atom. The van der Waals surface area contributed by atoms with E-state index in [0.717, 1.165) is 26.9 Å². The first-order chi connectivity index (χ1) is 20.1. The molecule has 5 aromatic rings. The summed E-state index contributed by atoms with van der Waals surface area (Å²) in [5.74, 6) is 0.115. The van der Waals surface area contributed by atoms with Gasteiger partial charge in [0.15, 0.2) is 18.5 Å². The van der Waals surface area contributed by atoms with Gasteiger partial charge in [-0.2, -0.15) is 0 Å². The Morgan fingerprint density at radius 3 is 1.51 bits per heavy atom. The minimum atomic E-state index is -2.58. The van der Waals surface area contributed by atoms with Crippen molar-refractivity contribution < 1.29 is 9.59 Å². The summed E-state index contributed by atoms with van der Waals surface area (Å²) < 4.78 is 0. The maximum atomic E-state index is 13.8. The fraction of sp³-hybridized carbons (Fsp3) is 0.0556. The van der Waals surface area contributed by atoms with E-state index in [4.69, 9.17) is 0 Å². The van der Waals surface area contributed by atoms with E-state index < -0.39 is 7.26 Å². The van der Waals surface area contributed by atoms with Gasteiger partial charge in [-0.25, -0.2) is 0 Å². The molecule has 5 aromatic carbocycles.